The minimum atomic E-state index is -0.540. The highest BCUT2D eigenvalue weighted by molar-refractivity contribution is 5.81. The molecule has 0 radical (unpaired) electrons. The lowest BCUT2D eigenvalue weighted by molar-refractivity contribution is -0.154. The first-order valence-corrected chi connectivity index (χ1v) is 5.02. The summed E-state index contributed by atoms with van der Waals surface area (Å²) < 4.78 is 4.98. The summed E-state index contributed by atoms with van der Waals surface area (Å²) in [5.41, 5.74) is -0.540. The van der Waals surface area contributed by atoms with Gasteiger partial charge in [0.25, 0.3) is 0 Å². The number of ether oxygens (including phenoxy) is 1. The van der Waals surface area contributed by atoms with Crippen molar-refractivity contribution in [1.29, 1.82) is 0 Å². The van der Waals surface area contributed by atoms with E-state index in [1.165, 1.54) is 0 Å². The second-order valence-corrected chi connectivity index (χ2v) is 3.91. The maximum atomic E-state index is 11.6. The number of hydrogen-bond acceptors (Lipinski definition) is 3. The fourth-order valence-electron chi connectivity index (χ4n) is 1.59. The van der Waals surface area contributed by atoms with Gasteiger partial charge >= 0.3 is 5.97 Å². The molecule has 14 heavy (non-hydrogen) atoms. The van der Waals surface area contributed by atoms with Gasteiger partial charge < -0.3 is 10.1 Å². The lowest BCUT2D eigenvalue weighted by Gasteiger charge is -2.24. The monoisotopic (exact) mass is 199 g/mol. The van der Waals surface area contributed by atoms with Crippen LogP contribution in [0.25, 0.3) is 0 Å². The van der Waals surface area contributed by atoms with Crippen molar-refractivity contribution < 1.29 is 14.3 Å². The largest absolute Gasteiger partial charge is 0.466 e. The first-order valence-electron chi connectivity index (χ1n) is 5.02. The van der Waals surface area contributed by atoms with Crippen LogP contribution in [0.1, 0.15) is 33.1 Å². The summed E-state index contributed by atoms with van der Waals surface area (Å²) in [5.74, 6) is -0.180. The summed E-state index contributed by atoms with van der Waals surface area (Å²) >= 11 is 0. The molecular weight excluding hydrogens is 182 g/mol. The van der Waals surface area contributed by atoms with Crippen molar-refractivity contribution in [2.45, 2.75) is 33.1 Å². The molecule has 1 saturated heterocycles. The Bertz CT molecular complexity index is 240. The van der Waals surface area contributed by atoms with E-state index in [0.29, 0.717) is 26.0 Å². The van der Waals surface area contributed by atoms with Crippen LogP contribution < -0.4 is 5.32 Å². The van der Waals surface area contributed by atoms with Gasteiger partial charge in [-0.3, -0.25) is 9.59 Å². The van der Waals surface area contributed by atoms with Gasteiger partial charge in [-0.05, 0) is 26.7 Å². The Morgan fingerprint density at radius 2 is 2.36 bits per heavy atom. The molecule has 0 bridgehead atoms. The quantitative estimate of drug-likeness (QED) is 0.671. The Balaban J connectivity index is 2.62. The van der Waals surface area contributed by atoms with Crippen molar-refractivity contribution in [2.75, 3.05) is 13.2 Å². The van der Waals surface area contributed by atoms with Crippen LogP contribution in [0.3, 0.4) is 0 Å². The molecule has 1 heterocycles. The summed E-state index contributed by atoms with van der Waals surface area (Å²) in [6, 6.07) is 0. The predicted molar refractivity (Wildman–Crippen MR) is 51.6 cm³/mol. The van der Waals surface area contributed by atoms with E-state index in [2.05, 4.69) is 5.32 Å². The normalized spacial score (nSPS) is 27.7. The van der Waals surface area contributed by atoms with Crippen LogP contribution in [0.4, 0.5) is 0 Å². The first-order chi connectivity index (χ1) is 6.58. The van der Waals surface area contributed by atoms with Crippen LogP contribution in [0.5, 0.6) is 0 Å². The second kappa shape index (κ2) is 4.44. The van der Waals surface area contributed by atoms with Crippen molar-refractivity contribution in [1.82, 2.24) is 5.32 Å². The van der Waals surface area contributed by atoms with Gasteiger partial charge in [-0.25, -0.2) is 0 Å². The molecule has 1 aliphatic heterocycles. The molecular formula is C10H17NO3. The molecule has 0 aliphatic carbocycles. The average molecular weight is 199 g/mol. The van der Waals surface area contributed by atoms with Gasteiger partial charge in [0.1, 0.15) is 0 Å². The molecule has 80 valence electrons. The van der Waals surface area contributed by atoms with E-state index >= 15 is 0 Å². The summed E-state index contributed by atoms with van der Waals surface area (Å²) in [5, 5.41) is 2.73. The van der Waals surface area contributed by atoms with Gasteiger partial charge in [-0.1, -0.05) is 0 Å². The van der Waals surface area contributed by atoms with Gasteiger partial charge in [-0.15, -0.1) is 0 Å². The molecule has 4 nitrogen and oxygen atoms in total. The maximum absolute atomic E-state index is 11.6. The van der Waals surface area contributed by atoms with Crippen molar-refractivity contribution in [2.24, 2.45) is 5.41 Å². The lowest BCUT2D eigenvalue weighted by atomic mass is 9.86. The van der Waals surface area contributed by atoms with Gasteiger partial charge in [0, 0.05) is 13.0 Å². The van der Waals surface area contributed by atoms with Gasteiger partial charge in [0.15, 0.2) is 0 Å². The Morgan fingerprint density at radius 3 is 3.00 bits per heavy atom. The summed E-state index contributed by atoms with van der Waals surface area (Å²) in [6.07, 6.45) is 1.97. The van der Waals surface area contributed by atoms with Gasteiger partial charge in [-0.2, -0.15) is 0 Å². The van der Waals surface area contributed by atoms with E-state index < -0.39 is 5.41 Å². The molecule has 1 amide bonds. The number of esters is 1. The molecule has 0 aromatic carbocycles. The minimum Gasteiger partial charge on any atom is -0.466 e. The van der Waals surface area contributed by atoms with E-state index in [1.54, 1.807) is 6.92 Å². The predicted octanol–water partition coefficient (Wildman–Crippen LogP) is 0.856. The Labute approximate surface area is 84.0 Å². The third kappa shape index (κ3) is 2.47. The van der Waals surface area contributed by atoms with Gasteiger partial charge in [0.2, 0.25) is 5.91 Å². The fraction of sp³-hybridized carbons (Fsp3) is 0.800. The van der Waals surface area contributed by atoms with Crippen molar-refractivity contribution >= 4 is 11.9 Å². The van der Waals surface area contributed by atoms with E-state index in [0.717, 1.165) is 6.42 Å². The Hall–Kier alpha value is -1.06. The smallest absolute Gasteiger partial charge is 0.313 e. The van der Waals surface area contributed by atoms with Crippen LogP contribution in [-0.4, -0.2) is 25.0 Å². The molecule has 0 aromatic heterocycles. The summed E-state index contributed by atoms with van der Waals surface area (Å²) in [4.78, 5) is 22.7. The topological polar surface area (TPSA) is 55.4 Å². The lowest BCUT2D eigenvalue weighted by Crippen LogP contribution is -2.39. The second-order valence-electron chi connectivity index (χ2n) is 3.91. The summed E-state index contributed by atoms with van der Waals surface area (Å²) in [7, 11) is 0. The third-order valence-corrected chi connectivity index (χ3v) is 2.58. The van der Waals surface area contributed by atoms with E-state index in [1.807, 2.05) is 6.92 Å². The van der Waals surface area contributed by atoms with Crippen molar-refractivity contribution in [3.05, 3.63) is 0 Å². The Kier molecular flexibility index (Phi) is 3.49. The standard InChI is InChI=1S/C10H17NO3/c1-3-14-9(13)10(2)6-4-5-8(12)11-7-10/h3-7H2,1-2H3,(H,11,12). The minimum absolute atomic E-state index is 0.0259. The number of amides is 1. The number of rotatable bonds is 2. The number of hydrogen-bond donors (Lipinski definition) is 1. The van der Waals surface area contributed by atoms with Crippen molar-refractivity contribution in [3.8, 4) is 0 Å². The van der Waals surface area contributed by atoms with Gasteiger partial charge in [0.05, 0.1) is 12.0 Å². The third-order valence-electron chi connectivity index (χ3n) is 2.58. The van der Waals surface area contributed by atoms with Crippen LogP contribution in [0.2, 0.25) is 0 Å². The van der Waals surface area contributed by atoms with E-state index in [9.17, 15) is 9.59 Å². The highest BCUT2D eigenvalue weighted by Crippen LogP contribution is 2.27. The molecule has 4 heteroatoms. The molecule has 1 aliphatic rings. The zero-order chi connectivity index (χ0) is 10.6. The van der Waals surface area contributed by atoms with E-state index in [4.69, 9.17) is 4.74 Å². The molecule has 1 fully saturated rings. The number of nitrogens with one attached hydrogen (secondary N) is 1. The SMILES string of the molecule is CCOC(=O)C1(C)CCCC(=O)NC1. The van der Waals surface area contributed by atoms with Crippen molar-refractivity contribution in [3.63, 3.8) is 0 Å². The number of carbonyl (C=O) groups excluding carboxylic acids is 2. The van der Waals surface area contributed by atoms with E-state index in [-0.39, 0.29) is 11.9 Å². The summed E-state index contributed by atoms with van der Waals surface area (Å²) in [6.45, 7) is 4.42. The fourth-order valence-corrected chi connectivity index (χ4v) is 1.59. The van der Waals surface area contributed by atoms with Crippen LogP contribution in [-0.2, 0) is 14.3 Å². The van der Waals surface area contributed by atoms with Crippen LogP contribution in [0, 0.1) is 5.41 Å². The molecule has 0 spiro atoms. The number of carbonyl (C=O) groups is 2. The first kappa shape index (κ1) is 11.0. The highest BCUT2D eigenvalue weighted by atomic mass is 16.5. The highest BCUT2D eigenvalue weighted by Gasteiger charge is 2.36. The zero-order valence-corrected chi connectivity index (χ0v) is 8.76. The Morgan fingerprint density at radius 1 is 1.64 bits per heavy atom. The molecule has 1 unspecified atom stereocenters. The zero-order valence-electron chi connectivity index (χ0n) is 8.76. The molecule has 0 aromatic rings. The molecule has 1 atom stereocenters. The molecule has 0 saturated carbocycles. The molecule has 1 N–H and O–H groups in total. The maximum Gasteiger partial charge on any atom is 0.313 e. The average Bonchev–Trinajstić information content (AvgIpc) is 2.30. The van der Waals surface area contributed by atoms with Crippen LogP contribution in [0.15, 0.2) is 0 Å². The van der Waals surface area contributed by atoms with Crippen LogP contribution >= 0.6 is 0 Å². The molecule has 1 rings (SSSR count).